The fraction of sp³-hybridized carbons (Fsp3) is 0.452. The first-order valence-electron chi connectivity index (χ1n) is 13.8. The number of nitrogens with two attached hydrogens (primary N) is 1. The average Bonchev–Trinajstić information content (AvgIpc) is 3.40. The summed E-state index contributed by atoms with van der Waals surface area (Å²) in [6.07, 6.45) is 5.36. The lowest BCUT2D eigenvalue weighted by Gasteiger charge is -2.37. The molecule has 8 heteroatoms. The summed E-state index contributed by atoms with van der Waals surface area (Å²) in [5, 5.41) is 7.52. The number of carbonyl (C=O) groups is 1. The fourth-order valence-electron chi connectivity index (χ4n) is 5.59. The molecule has 1 saturated heterocycles. The standard InChI is InChI=1S/C31H36FN5O2/c1-3-22-19-25(23-5-4-6-23)27(29-34-28(35-36-29)12-18-39-2)20-26(22)30(38)37-16-13-31(32,14-17-37)24-9-7-21(8-10-24)11-15-33/h7-10,19-20,23H,3-6,12-14,16-18,33H2,1-2H3,(H,34,35,36). The van der Waals surface area contributed by atoms with E-state index in [0.29, 0.717) is 49.0 Å². The molecule has 2 heterocycles. The largest absolute Gasteiger partial charge is 0.384 e. The van der Waals surface area contributed by atoms with E-state index in [1.54, 1.807) is 36.3 Å². The van der Waals surface area contributed by atoms with Crippen molar-refractivity contribution < 1.29 is 13.9 Å². The molecule has 2 aliphatic rings. The van der Waals surface area contributed by atoms with E-state index in [4.69, 9.17) is 15.5 Å². The summed E-state index contributed by atoms with van der Waals surface area (Å²) in [6.45, 7) is 3.34. The van der Waals surface area contributed by atoms with Crippen LogP contribution in [0.1, 0.15) is 83.4 Å². The van der Waals surface area contributed by atoms with Crippen LogP contribution in [0.5, 0.6) is 0 Å². The molecule has 0 atom stereocenters. The maximum Gasteiger partial charge on any atom is 0.254 e. The van der Waals surface area contributed by atoms with Crippen LogP contribution in [-0.2, 0) is 23.2 Å². The van der Waals surface area contributed by atoms with Gasteiger partial charge >= 0.3 is 0 Å². The monoisotopic (exact) mass is 529 g/mol. The van der Waals surface area contributed by atoms with Crippen molar-refractivity contribution in [3.05, 3.63) is 70.0 Å². The van der Waals surface area contributed by atoms with E-state index in [2.05, 4.69) is 35.2 Å². The average molecular weight is 530 g/mol. The number of aryl methyl sites for hydroxylation is 1. The third kappa shape index (κ3) is 5.55. The van der Waals surface area contributed by atoms with Gasteiger partial charge in [0.25, 0.3) is 5.91 Å². The van der Waals surface area contributed by atoms with Crippen LogP contribution in [0.25, 0.3) is 11.4 Å². The maximum absolute atomic E-state index is 15.9. The number of rotatable bonds is 8. The van der Waals surface area contributed by atoms with Crippen molar-refractivity contribution in [2.75, 3.05) is 26.8 Å². The van der Waals surface area contributed by atoms with Crippen molar-refractivity contribution in [1.29, 1.82) is 0 Å². The number of hydrogen-bond donors (Lipinski definition) is 2. The van der Waals surface area contributed by atoms with Gasteiger partial charge in [0.1, 0.15) is 11.5 Å². The lowest BCUT2D eigenvalue weighted by atomic mass is 9.76. The van der Waals surface area contributed by atoms with Gasteiger partial charge in [-0.2, -0.15) is 5.10 Å². The molecule has 7 nitrogen and oxygen atoms in total. The molecule has 5 rings (SSSR count). The number of nitrogens with zero attached hydrogens (tertiary/aromatic N) is 3. The quantitative estimate of drug-likeness (QED) is 0.321. The zero-order valence-corrected chi connectivity index (χ0v) is 22.7. The zero-order chi connectivity index (χ0) is 27.4. The first-order valence-corrected chi connectivity index (χ1v) is 13.8. The zero-order valence-electron chi connectivity index (χ0n) is 22.7. The predicted octanol–water partition coefficient (Wildman–Crippen LogP) is 4.86. The van der Waals surface area contributed by atoms with Gasteiger partial charge in [0.05, 0.1) is 6.61 Å². The van der Waals surface area contributed by atoms with Gasteiger partial charge in [-0.1, -0.05) is 31.5 Å². The molecule has 1 saturated carbocycles. The summed E-state index contributed by atoms with van der Waals surface area (Å²) < 4.78 is 21.1. The SMILES string of the molecule is CCc1cc(C2CCC2)c(-c2n[nH]c(CCOC)n2)cc1C(=O)N1CCC(F)(c2ccc(C#CN)cc2)CC1. The van der Waals surface area contributed by atoms with Crippen LogP contribution in [0.4, 0.5) is 4.39 Å². The Morgan fingerprint density at radius 1 is 1.23 bits per heavy atom. The fourth-order valence-corrected chi connectivity index (χ4v) is 5.59. The van der Waals surface area contributed by atoms with Gasteiger partial charge in [-0.3, -0.25) is 9.89 Å². The van der Waals surface area contributed by atoms with Crippen molar-refractivity contribution in [2.24, 2.45) is 5.73 Å². The summed E-state index contributed by atoms with van der Waals surface area (Å²) >= 11 is 0. The molecule has 1 aliphatic heterocycles. The number of ether oxygens (including phenoxy) is 1. The number of amides is 1. The molecule has 1 aliphatic carbocycles. The van der Waals surface area contributed by atoms with Gasteiger partial charge in [0, 0.05) is 62.2 Å². The highest BCUT2D eigenvalue weighted by molar-refractivity contribution is 5.97. The molecule has 0 radical (unpaired) electrons. The Morgan fingerprint density at radius 3 is 2.59 bits per heavy atom. The van der Waals surface area contributed by atoms with Crippen LogP contribution in [0.2, 0.25) is 0 Å². The Kier molecular flexibility index (Phi) is 7.99. The molecule has 39 heavy (non-hydrogen) atoms. The van der Waals surface area contributed by atoms with E-state index >= 15 is 4.39 Å². The Hall–Kier alpha value is -3.70. The minimum absolute atomic E-state index is 0.0565. The molecular weight excluding hydrogens is 493 g/mol. The lowest BCUT2D eigenvalue weighted by molar-refractivity contribution is 0.0420. The topological polar surface area (TPSA) is 97.1 Å². The van der Waals surface area contributed by atoms with Crippen molar-refractivity contribution in [1.82, 2.24) is 20.1 Å². The molecule has 0 spiro atoms. The van der Waals surface area contributed by atoms with E-state index in [0.717, 1.165) is 41.8 Å². The van der Waals surface area contributed by atoms with Crippen LogP contribution >= 0.6 is 0 Å². The van der Waals surface area contributed by atoms with Crippen LogP contribution in [0.15, 0.2) is 36.4 Å². The molecule has 2 fully saturated rings. The van der Waals surface area contributed by atoms with Crippen LogP contribution in [-0.4, -0.2) is 52.8 Å². The lowest BCUT2D eigenvalue weighted by Crippen LogP contribution is -2.43. The van der Waals surface area contributed by atoms with Gasteiger partial charge in [0.15, 0.2) is 5.82 Å². The third-order valence-electron chi connectivity index (χ3n) is 8.21. The number of benzene rings is 2. The van der Waals surface area contributed by atoms with E-state index in [9.17, 15) is 4.79 Å². The Labute approximate surface area is 229 Å². The number of piperidine rings is 1. The number of halogens is 1. The Balaban J connectivity index is 1.39. The highest BCUT2D eigenvalue weighted by Gasteiger charge is 2.38. The summed E-state index contributed by atoms with van der Waals surface area (Å²) in [4.78, 5) is 20.4. The number of aromatic amines is 1. The van der Waals surface area contributed by atoms with E-state index in [1.807, 2.05) is 6.07 Å². The van der Waals surface area contributed by atoms with Gasteiger partial charge < -0.3 is 15.4 Å². The first-order chi connectivity index (χ1) is 19.0. The predicted molar refractivity (Wildman–Crippen MR) is 149 cm³/mol. The second-order valence-electron chi connectivity index (χ2n) is 10.5. The maximum atomic E-state index is 15.9. The highest BCUT2D eigenvalue weighted by atomic mass is 19.1. The molecule has 2 aromatic carbocycles. The van der Waals surface area contributed by atoms with E-state index in [1.165, 1.54) is 12.0 Å². The molecule has 204 valence electrons. The number of hydrogen-bond acceptors (Lipinski definition) is 5. The van der Waals surface area contributed by atoms with Crippen molar-refractivity contribution in [3.8, 4) is 23.4 Å². The first kappa shape index (κ1) is 26.9. The van der Waals surface area contributed by atoms with E-state index in [-0.39, 0.29) is 18.7 Å². The molecule has 1 aromatic heterocycles. The second-order valence-corrected chi connectivity index (χ2v) is 10.5. The summed E-state index contributed by atoms with van der Waals surface area (Å²) in [7, 11) is 1.66. The number of alkyl halides is 1. The van der Waals surface area contributed by atoms with Crippen molar-refractivity contribution in [2.45, 2.75) is 63.5 Å². The number of likely N-dealkylation sites (tertiary alicyclic amines) is 1. The molecule has 3 aromatic rings. The van der Waals surface area contributed by atoms with Crippen molar-refractivity contribution >= 4 is 5.91 Å². The normalized spacial score (nSPS) is 16.8. The third-order valence-corrected chi connectivity index (χ3v) is 8.21. The number of aromatic nitrogens is 3. The highest BCUT2D eigenvalue weighted by Crippen LogP contribution is 2.42. The number of carbonyl (C=O) groups excluding carboxylic acids is 1. The number of methoxy groups -OCH3 is 1. The van der Waals surface area contributed by atoms with Crippen LogP contribution in [0.3, 0.4) is 0 Å². The van der Waals surface area contributed by atoms with Crippen LogP contribution < -0.4 is 5.73 Å². The minimum Gasteiger partial charge on any atom is -0.384 e. The van der Waals surface area contributed by atoms with E-state index < -0.39 is 5.67 Å². The second kappa shape index (κ2) is 11.6. The Morgan fingerprint density at radius 2 is 1.97 bits per heavy atom. The van der Waals surface area contributed by atoms with Crippen molar-refractivity contribution in [3.63, 3.8) is 0 Å². The smallest absolute Gasteiger partial charge is 0.254 e. The summed E-state index contributed by atoms with van der Waals surface area (Å²) in [5.74, 6) is 4.56. The van der Waals surface area contributed by atoms with Gasteiger partial charge in [-0.15, -0.1) is 0 Å². The Bertz CT molecular complexity index is 1380. The molecule has 0 bridgehead atoms. The molecule has 0 unspecified atom stereocenters. The summed E-state index contributed by atoms with van der Waals surface area (Å²) in [6, 6.07) is 13.7. The van der Waals surface area contributed by atoms with Gasteiger partial charge in [-0.05, 0) is 66.0 Å². The van der Waals surface area contributed by atoms with Gasteiger partial charge in [0.2, 0.25) is 0 Å². The molecule has 1 amide bonds. The molecule has 3 N–H and O–H groups in total. The van der Waals surface area contributed by atoms with Crippen LogP contribution in [0, 0.1) is 12.0 Å². The van der Waals surface area contributed by atoms with Gasteiger partial charge in [-0.25, -0.2) is 9.37 Å². The molecular formula is C31H36FN5O2. The number of nitrogens with one attached hydrogen (secondary N) is 1. The number of H-pyrrole nitrogens is 1. The minimum atomic E-state index is -1.48. The summed E-state index contributed by atoms with van der Waals surface area (Å²) in [5.41, 5.74) is 9.00.